The predicted octanol–water partition coefficient (Wildman–Crippen LogP) is 1.42. The van der Waals surface area contributed by atoms with E-state index in [0.717, 1.165) is 5.56 Å². The molecule has 0 saturated carbocycles. The van der Waals surface area contributed by atoms with Crippen LogP contribution < -0.4 is 5.73 Å². The Hall–Kier alpha value is -1.88. The Morgan fingerprint density at radius 1 is 1.53 bits per heavy atom. The minimum Gasteiger partial charge on any atom is -0.398 e. The van der Waals surface area contributed by atoms with E-state index in [2.05, 4.69) is 5.10 Å². The average molecular weight is 235 g/mol. The quantitative estimate of drug-likeness (QED) is 0.791. The van der Waals surface area contributed by atoms with Gasteiger partial charge in [-0.2, -0.15) is 5.10 Å². The first-order valence-electron chi connectivity index (χ1n) is 5.27. The Kier molecular flexibility index (Phi) is 3.10. The second-order valence-corrected chi connectivity index (χ2v) is 4.02. The van der Waals surface area contributed by atoms with Crippen molar-refractivity contribution in [3.63, 3.8) is 0 Å². The summed E-state index contributed by atoms with van der Waals surface area (Å²) in [6.45, 7) is 0. The number of nitrogens with zero attached hydrogens (tertiary/aromatic N) is 2. The van der Waals surface area contributed by atoms with Gasteiger partial charge in [-0.25, -0.2) is 4.39 Å². The molecule has 0 aliphatic carbocycles. The van der Waals surface area contributed by atoms with E-state index < -0.39 is 11.9 Å². The van der Waals surface area contributed by atoms with Crippen LogP contribution in [0.15, 0.2) is 30.6 Å². The molecular formula is C12H14FN3O. The molecule has 4 nitrogen and oxygen atoms in total. The Morgan fingerprint density at radius 2 is 2.29 bits per heavy atom. The van der Waals surface area contributed by atoms with Crippen LogP contribution in [0.3, 0.4) is 0 Å². The maximum Gasteiger partial charge on any atom is 0.123 e. The molecule has 90 valence electrons. The van der Waals surface area contributed by atoms with Crippen LogP contribution in [-0.4, -0.2) is 14.9 Å². The van der Waals surface area contributed by atoms with Crippen LogP contribution in [0, 0.1) is 5.82 Å². The number of rotatable bonds is 3. The lowest BCUT2D eigenvalue weighted by Crippen LogP contribution is -2.05. The van der Waals surface area contributed by atoms with Crippen LogP contribution in [0.1, 0.15) is 17.2 Å². The summed E-state index contributed by atoms with van der Waals surface area (Å²) < 4.78 is 14.7. The van der Waals surface area contributed by atoms with Gasteiger partial charge in [0.15, 0.2) is 0 Å². The van der Waals surface area contributed by atoms with Gasteiger partial charge in [0, 0.05) is 30.9 Å². The zero-order valence-corrected chi connectivity index (χ0v) is 9.47. The number of nitrogens with two attached hydrogens (primary N) is 1. The first-order chi connectivity index (χ1) is 8.06. The van der Waals surface area contributed by atoms with Crippen molar-refractivity contribution in [3.05, 3.63) is 47.5 Å². The number of aryl methyl sites for hydroxylation is 1. The lowest BCUT2D eigenvalue weighted by atomic mass is 10.0. The van der Waals surface area contributed by atoms with E-state index in [9.17, 15) is 9.50 Å². The van der Waals surface area contributed by atoms with Crippen molar-refractivity contribution in [2.45, 2.75) is 12.5 Å². The monoisotopic (exact) mass is 235 g/mol. The molecule has 1 aromatic heterocycles. The molecule has 1 heterocycles. The van der Waals surface area contributed by atoms with Crippen LogP contribution in [0.5, 0.6) is 0 Å². The van der Waals surface area contributed by atoms with Gasteiger partial charge in [-0.3, -0.25) is 4.68 Å². The van der Waals surface area contributed by atoms with Crippen molar-refractivity contribution >= 4 is 5.69 Å². The van der Waals surface area contributed by atoms with E-state index >= 15 is 0 Å². The van der Waals surface area contributed by atoms with Crippen LogP contribution in [0.4, 0.5) is 10.1 Å². The SMILES string of the molecule is Cn1cc(CC(O)c2cc(F)ccc2N)cn1. The average Bonchev–Trinajstić information content (AvgIpc) is 2.67. The molecule has 0 amide bonds. The summed E-state index contributed by atoms with van der Waals surface area (Å²) >= 11 is 0. The number of benzene rings is 1. The lowest BCUT2D eigenvalue weighted by molar-refractivity contribution is 0.179. The molecule has 0 saturated heterocycles. The molecule has 1 atom stereocenters. The fourth-order valence-corrected chi connectivity index (χ4v) is 1.74. The maximum atomic E-state index is 13.1. The van der Waals surface area contributed by atoms with Crippen LogP contribution in [0.2, 0.25) is 0 Å². The molecule has 2 rings (SSSR count). The highest BCUT2D eigenvalue weighted by atomic mass is 19.1. The third kappa shape index (κ3) is 2.62. The van der Waals surface area contributed by atoms with Gasteiger partial charge in [0.05, 0.1) is 12.3 Å². The molecule has 0 radical (unpaired) electrons. The number of anilines is 1. The molecule has 5 heteroatoms. The number of hydrogen-bond acceptors (Lipinski definition) is 3. The molecule has 0 spiro atoms. The van der Waals surface area contributed by atoms with Gasteiger partial charge in [0.2, 0.25) is 0 Å². The van der Waals surface area contributed by atoms with Crippen LogP contribution in [-0.2, 0) is 13.5 Å². The fourth-order valence-electron chi connectivity index (χ4n) is 1.74. The first kappa shape index (κ1) is 11.6. The zero-order chi connectivity index (χ0) is 12.4. The molecule has 0 aliphatic heterocycles. The summed E-state index contributed by atoms with van der Waals surface area (Å²) in [4.78, 5) is 0. The fraction of sp³-hybridized carbons (Fsp3) is 0.250. The smallest absolute Gasteiger partial charge is 0.123 e. The van der Waals surface area contributed by atoms with Crippen molar-refractivity contribution in [3.8, 4) is 0 Å². The molecule has 0 fully saturated rings. The Morgan fingerprint density at radius 3 is 2.94 bits per heavy atom. The molecule has 1 aromatic carbocycles. The highest BCUT2D eigenvalue weighted by Gasteiger charge is 2.13. The largest absolute Gasteiger partial charge is 0.398 e. The molecule has 0 aliphatic rings. The molecule has 2 aromatic rings. The second kappa shape index (κ2) is 4.55. The molecule has 3 N–H and O–H groups in total. The molecule has 0 bridgehead atoms. The minimum absolute atomic E-state index is 0.363. The minimum atomic E-state index is -0.824. The van der Waals surface area contributed by atoms with Crippen LogP contribution >= 0.6 is 0 Å². The van der Waals surface area contributed by atoms with Gasteiger partial charge >= 0.3 is 0 Å². The predicted molar refractivity (Wildman–Crippen MR) is 62.7 cm³/mol. The molecular weight excluding hydrogens is 221 g/mol. The van der Waals surface area contributed by atoms with E-state index in [1.54, 1.807) is 24.1 Å². The highest BCUT2D eigenvalue weighted by molar-refractivity contribution is 5.48. The topological polar surface area (TPSA) is 64.1 Å². The summed E-state index contributed by atoms with van der Waals surface area (Å²) in [6, 6.07) is 3.99. The van der Waals surface area contributed by atoms with Gasteiger partial charge < -0.3 is 10.8 Å². The van der Waals surface area contributed by atoms with Crippen molar-refractivity contribution in [2.24, 2.45) is 7.05 Å². The van der Waals surface area contributed by atoms with Crippen molar-refractivity contribution in [1.82, 2.24) is 9.78 Å². The summed E-state index contributed by atoms with van der Waals surface area (Å²) in [5, 5.41) is 14.0. The first-order valence-corrected chi connectivity index (χ1v) is 5.27. The maximum absolute atomic E-state index is 13.1. The third-order valence-electron chi connectivity index (χ3n) is 2.60. The number of aromatic nitrogens is 2. The van der Waals surface area contributed by atoms with E-state index in [1.165, 1.54) is 18.2 Å². The normalized spacial score (nSPS) is 12.6. The van der Waals surface area contributed by atoms with Gasteiger partial charge in [-0.1, -0.05) is 0 Å². The lowest BCUT2D eigenvalue weighted by Gasteiger charge is -2.12. The summed E-state index contributed by atoms with van der Waals surface area (Å²) in [7, 11) is 1.80. The van der Waals surface area contributed by atoms with E-state index in [0.29, 0.717) is 17.7 Å². The molecule has 17 heavy (non-hydrogen) atoms. The summed E-state index contributed by atoms with van der Waals surface area (Å²) in [6.07, 6.45) is 3.01. The number of aliphatic hydroxyl groups is 1. The van der Waals surface area contributed by atoms with Crippen molar-refractivity contribution < 1.29 is 9.50 Å². The number of nitrogen functional groups attached to an aromatic ring is 1. The Balaban J connectivity index is 2.19. The zero-order valence-electron chi connectivity index (χ0n) is 9.47. The summed E-state index contributed by atoms with van der Waals surface area (Å²) in [5.41, 5.74) is 7.38. The third-order valence-corrected chi connectivity index (χ3v) is 2.60. The van der Waals surface area contributed by atoms with Crippen molar-refractivity contribution in [2.75, 3.05) is 5.73 Å². The Labute approximate surface area is 98.5 Å². The van der Waals surface area contributed by atoms with Gasteiger partial charge in [-0.05, 0) is 23.8 Å². The van der Waals surface area contributed by atoms with E-state index in [1.807, 2.05) is 0 Å². The number of hydrogen-bond donors (Lipinski definition) is 2. The van der Waals surface area contributed by atoms with Gasteiger partial charge in [0.1, 0.15) is 5.82 Å². The molecule has 1 unspecified atom stereocenters. The number of halogens is 1. The summed E-state index contributed by atoms with van der Waals surface area (Å²) in [5.74, 6) is -0.403. The van der Waals surface area contributed by atoms with Crippen LogP contribution in [0.25, 0.3) is 0 Å². The van der Waals surface area contributed by atoms with Crippen molar-refractivity contribution in [1.29, 1.82) is 0 Å². The van der Waals surface area contributed by atoms with E-state index in [-0.39, 0.29) is 0 Å². The Bertz CT molecular complexity index is 524. The second-order valence-electron chi connectivity index (χ2n) is 4.02. The van der Waals surface area contributed by atoms with Gasteiger partial charge in [-0.15, -0.1) is 0 Å². The highest BCUT2D eigenvalue weighted by Crippen LogP contribution is 2.24. The standard InChI is InChI=1S/C12H14FN3O/c1-16-7-8(6-15-16)4-12(17)10-5-9(13)2-3-11(10)14/h2-3,5-7,12,17H,4,14H2,1H3. The van der Waals surface area contributed by atoms with Gasteiger partial charge in [0.25, 0.3) is 0 Å². The number of aliphatic hydroxyl groups excluding tert-OH is 1. The van der Waals surface area contributed by atoms with E-state index in [4.69, 9.17) is 5.73 Å².